The van der Waals surface area contributed by atoms with E-state index >= 15 is 0 Å². The first-order valence-electron chi connectivity index (χ1n) is 10.1. The van der Waals surface area contributed by atoms with E-state index in [2.05, 4.69) is 20.9 Å². The van der Waals surface area contributed by atoms with Crippen LogP contribution in [0.15, 0.2) is 48.5 Å². The summed E-state index contributed by atoms with van der Waals surface area (Å²) in [6.07, 6.45) is 2.01. The van der Waals surface area contributed by atoms with Crippen molar-refractivity contribution in [3.8, 4) is 0 Å². The van der Waals surface area contributed by atoms with Gasteiger partial charge in [-0.25, -0.2) is 9.78 Å². The van der Waals surface area contributed by atoms with E-state index in [1.807, 2.05) is 60.1 Å². The number of urea groups is 1. The zero-order valence-corrected chi connectivity index (χ0v) is 16.9. The van der Waals surface area contributed by atoms with Crippen LogP contribution >= 0.6 is 0 Å². The highest BCUT2D eigenvalue weighted by Crippen LogP contribution is 2.20. The standard InChI is InChI=1S/C22H25N5O3/c1-27-18-10-9-16(25-22(29)24-15-6-3-2-4-7-15)14-17(18)26-20(27)11-12-23-21(28)19-8-5-13-30-19/h2-4,6-7,9-10,14,19H,5,8,11-13H2,1H3,(H,23,28)(H2,24,25,29)/t19-/m1/s1. The minimum atomic E-state index is -0.318. The number of aromatic nitrogens is 2. The Kier molecular flexibility index (Phi) is 5.94. The van der Waals surface area contributed by atoms with Gasteiger partial charge in [-0.1, -0.05) is 18.2 Å². The van der Waals surface area contributed by atoms with Crippen molar-refractivity contribution in [2.24, 2.45) is 7.05 Å². The number of benzene rings is 2. The largest absolute Gasteiger partial charge is 0.368 e. The molecule has 30 heavy (non-hydrogen) atoms. The molecule has 3 aromatic rings. The first-order valence-corrected chi connectivity index (χ1v) is 10.1. The van der Waals surface area contributed by atoms with Crippen LogP contribution in [0.2, 0.25) is 0 Å². The Labute approximate surface area is 174 Å². The highest BCUT2D eigenvalue weighted by atomic mass is 16.5. The zero-order chi connectivity index (χ0) is 20.9. The van der Waals surface area contributed by atoms with Crippen LogP contribution in [0, 0.1) is 0 Å². The minimum Gasteiger partial charge on any atom is -0.368 e. The van der Waals surface area contributed by atoms with Crippen LogP contribution in [0.3, 0.4) is 0 Å². The molecular weight excluding hydrogens is 382 g/mol. The highest BCUT2D eigenvalue weighted by Gasteiger charge is 2.23. The number of carbonyl (C=O) groups is 2. The summed E-state index contributed by atoms with van der Waals surface area (Å²) in [5, 5.41) is 8.54. The van der Waals surface area contributed by atoms with Gasteiger partial charge in [-0.15, -0.1) is 0 Å². The lowest BCUT2D eigenvalue weighted by Crippen LogP contribution is -2.35. The molecular formula is C22H25N5O3. The number of para-hydroxylation sites is 1. The first-order chi connectivity index (χ1) is 14.6. The number of carbonyl (C=O) groups excluding carboxylic acids is 2. The van der Waals surface area contributed by atoms with Gasteiger partial charge in [0.15, 0.2) is 0 Å². The van der Waals surface area contributed by atoms with Crippen molar-refractivity contribution in [3.05, 3.63) is 54.4 Å². The molecule has 0 unspecified atom stereocenters. The Morgan fingerprint density at radius 1 is 1.13 bits per heavy atom. The molecule has 0 bridgehead atoms. The average Bonchev–Trinajstić information content (AvgIpc) is 3.37. The van der Waals surface area contributed by atoms with Crippen molar-refractivity contribution >= 4 is 34.3 Å². The normalized spacial score (nSPS) is 15.8. The summed E-state index contributed by atoms with van der Waals surface area (Å²) in [6, 6.07) is 14.6. The summed E-state index contributed by atoms with van der Waals surface area (Å²) < 4.78 is 7.40. The molecule has 1 aliphatic heterocycles. The molecule has 156 valence electrons. The number of imidazole rings is 1. The van der Waals surface area contributed by atoms with Crippen molar-refractivity contribution in [2.75, 3.05) is 23.8 Å². The Morgan fingerprint density at radius 3 is 2.70 bits per heavy atom. The molecule has 2 aromatic carbocycles. The Hall–Kier alpha value is -3.39. The van der Waals surface area contributed by atoms with Crippen LogP contribution in [0.25, 0.3) is 11.0 Å². The van der Waals surface area contributed by atoms with E-state index in [1.54, 1.807) is 0 Å². The van der Waals surface area contributed by atoms with E-state index in [9.17, 15) is 9.59 Å². The number of nitrogens with zero attached hydrogens (tertiary/aromatic N) is 2. The number of anilines is 2. The summed E-state index contributed by atoms with van der Waals surface area (Å²) in [4.78, 5) is 28.9. The molecule has 8 nitrogen and oxygen atoms in total. The number of hydrogen-bond acceptors (Lipinski definition) is 4. The smallest absolute Gasteiger partial charge is 0.323 e. The highest BCUT2D eigenvalue weighted by molar-refractivity contribution is 6.00. The molecule has 3 amide bonds. The van der Waals surface area contributed by atoms with E-state index in [4.69, 9.17) is 4.74 Å². The van der Waals surface area contributed by atoms with Gasteiger partial charge in [-0.05, 0) is 43.2 Å². The minimum absolute atomic E-state index is 0.0535. The van der Waals surface area contributed by atoms with Gasteiger partial charge in [0.05, 0.1) is 11.0 Å². The lowest BCUT2D eigenvalue weighted by Gasteiger charge is -2.10. The maximum atomic E-state index is 12.2. The summed E-state index contributed by atoms with van der Waals surface area (Å²) in [5.41, 5.74) is 3.13. The Bertz CT molecular complexity index is 1040. The van der Waals surface area contributed by atoms with Crippen LogP contribution in [-0.2, 0) is 23.0 Å². The van der Waals surface area contributed by atoms with Gasteiger partial charge >= 0.3 is 6.03 Å². The van der Waals surface area contributed by atoms with Crippen molar-refractivity contribution in [1.29, 1.82) is 0 Å². The monoisotopic (exact) mass is 407 g/mol. The number of nitrogens with one attached hydrogen (secondary N) is 3. The first kappa shape index (κ1) is 19.9. The number of hydrogen-bond donors (Lipinski definition) is 3. The maximum absolute atomic E-state index is 12.2. The fraction of sp³-hybridized carbons (Fsp3) is 0.318. The van der Waals surface area contributed by atoms with Gasteiger partial charge < -0.3 is 25.3 Å². The van der Waals surface area contributed by atoms with Crippen molar-refractivity contribution in [3.63, 3.8) is 0 Å². The summed E-state index contributed by atoms with van der Waals surface area (Å²) in [6.45, 7) is 1.16. The molecule has 1 aliphatic rings. The second-order valence-electron chi connectivity index (χ2n) is 7.28. The van der Waals surface area contributed by atoms with Crippen molar-refractivity contribution in [1.82, 2.24) is 14.9 Å². The topological polar surface area (TPSA) is 97.3 Å². The molecule has 8 heteroatoms. The Balaban J connectivity index is 1.37. The molecule has 0 radical (unpaired) electrons. The van der Waals surface area contributed by atoms with E-state index in [-0.39, 0.29) is 18.0 Å². The average molecular weight is 407 g/mol. The molecule has 1 fully saturated rings. The number of amides is 3. The molecule has 0 spiro atoms. The Morgan fingerprint density at radius 2 is 1.93 bits per heavy atom. The third-order valence-electron chi connectivity index (χ3n) is 5.13. The van der Waals surface area contributed by atoms with Crippen LogP contribution in [0.4, 0.5) is 16.2 Å². The molecule has 0 aliphatic carbocycles. The number of rotatable bonds is 6. The molecule has 0 saturated carbocycles. The van der Waals surface area contributed by atoms with Gasteiger partial charge in [0.1, 0.15) is 11.9 Å². The van der Waals surface area contributed by atoms with Gasteiger partial charge in [0.25, 0.3) is 0 Å². The summed E-state index contributed by atoms with van der Waals surface area (Å²) in [5.74, 6) is 0.811. The SMILES string of the molecule is Cn1c(CCNC(=O)[C@H]2CCCO2)nc2cc(NC(=O)Nc3ccccc3)ccc21. The third-order valence-corrected chi connectivity index (χ3v) is 5.13. The van der Waals surface area contributed by atoms with Crippen LogP contribution in [-0.4, -0.2) is 40.7 Å². The molecule has 4 rings (SSSR count). The predicted octanol–water partition coefficient (Wildman–Crippen LogP) is 3.06. The summed E-state index contributed by atoms with van der Waals surface area (Å²) in [7, 11) is 1.95. The number of ether oxygens (including phenoxy) is 1. The number of fused-ring (bicyclic) bond motifs is 1. The molecule has 1 atom stereocenters. The maximum Gasteiger partial charge on any atom is 0.323 e. The van der Waals surface area contributed by atoms with E-state index < -0.39 is 0 Å². The fourth-order valence-corrected chi connectivity index (χ4v) is 3.56. The lowest BCUT2D eigenvalue weighted by atomic mass is 10.2. The van der Waals surface area contributed by atoms with Crippen LogP contribution in [0.5, 0.6) is 0 Å². The zero-order valence-electron chi connectivity index (χ0n) is 16.9. The molecule has 2 heterocycles. The van der Waals surface area contributed by atoms with Crippen molar-refractivity contribution < 1.29 is 14.3 Å². The van der Waals surface area contributed by atoms with E-state index in [0.717, 1.165) is 35.4 Å². The number of aryl methyl sites for hydroxylation is 1. The van der Waals surface area contributed by atoms with Crippen LogP contribution < -0.4 is 16.0 Å². The fourth-order valence-electron chi connectivity index (χ4n) is 3.56. The molecule has 3 N–H and O–H groups in total. The predicted molar refractivity (Wildman–Crippen MR) is 115 cm³/mol. The molecule has 1 aromatic heterocycles. The van der Waals surface area contributed by atoms with E-state index in [1.165, 1.54) is 0 Å². The summed E-state index contributed by atoms with van der Waals surface area (Å²) >= 11 is 0. The quantitative estimate of drug-likeness (QED) is 0.585. The molecule has 1 saturated heterocycles. The van der Waals surface area contributed by atoms with Crippen molar-refractivity contribution in [2.45, 2.75) is 25.4 Å². The van der Waals surface area contributed by atoms with E-state index in [0.29, 0.717) is 25.3 Å². The van der Waals surface area contributed by atoms with Crippen LogP contribution in [0.1, 0.15) is 18.7 Å². The van der Waals surface area contributed by atoms with Gasteiger partial charge in [-0.3, -0.25) is 4.79 Å². The second kappa shape index (κ2) is 8.96. The third kappa shape index (κ3) is 4.60. The lowest BCUT2D eigenvalue weighted by molar-refractivity contribution is -0.130. The second-order valence-corrected chi connectivity index (χ2v) is 7.28. The van der Waals surface area contributed by atoms with Gasteiger partial charge in [0.2, 0.25) is 5.91 Å². The van der Waals surface area contributed by atoms with Gasteiger partial charge in [0, 0.05) is 38.0 Å². The van der Waals surface area contributed by atoms with Gasteiger partial charge in [-0.2, -0.15) is 0 Å².